The number of pyridine rings is 1. The van der Waals surface area contributed by atoms with Crippen LogP contribution in [0.15, 0.2) is 42.7 Å². The molecule has 0 unspecified atom stereocenters. The maximum atomic E-state index is 13.7. The van der Waals surface area contributed by atoms with E-state index in [1.54, 1.807) is 30.6 Å². The normalized spacial score (nSPS) is 10.4. The van der Waals surface area contributed by atoms with E-state index < -0.39 is 0 Å². The number of terminal acetylenes is 1. The van der Waals surface area contributed by atoms with Crippen LogP contribution in [0.2, 0.25) is 0 Å². The van der Waals surface area contributed by atoms with Gasteiger partial charge >= 0.3 is 0 Å². The van der Waals surface area contributed by atoms with Gasteiger partial charge in [-0.2, -0.15) is 0 Å². The lowest BCUT2D eigenvalue weighted by atomic mass is 10.1. The van der Waals surface area contributed by atoms with Gasteiger partial charge in [-0.15, -0.1) is 6.42 Å². The SMILES string of the molecule is C#Cc1c[nH]c2ncc(-c3ccccc3F)cc12. The third kappa shape index (κ3) is 1.56. The molecule has 86 valence electrons. The number of nitrogens with zero attached hydrogens (tertiary/aromatic N) is 1. The van der Waals surface area contributed by atoms with E-state index in [4.69, 9.17) is 6.42 Å². The Morgan fingerprint density at radius 1 is 1.28 bits per heavy atom. The van der Waals surface area contributed by atoms with Crippen LogP contribution in [0.3, 0.4) is 0 Å². The molecular formula is C15H9FN2. The Kier molecular flexibility index (Phi) is 2.35. The molecule has 0 saturated carbocycles. The molecule has 0 fully saturated rings. The summed E-state index contributed by atoms with van der Waals surface area (Å²) in [6, 6.07) is 8.46. The summed E-state index contributed by atoms with van der Waals surface area (Å²) >= 11 is 0. The number of aromatic amines is 1. The van der Waals surface area contributed by atoms with E-state index in [1.165, 1.54) is 6.07 Å². The van der Waals surface area contributed by atoms with E-state index in [-0.39, 0.29) is 5.82 Å². The van der Waals surface area contributed by atoms with E-state index in [9.17, 15) is 4.39 Å². The second-order valence-corrected chi connectivity index (χ2v) is 3.95. The van der Waals surface area contributed by atoms with Gasteiger partial charge in [0, 0.05) is 28.9 Å². The molecule has 3 aromatic rings. The minimum absolute atomic E-state index is 0.267. The Morgan fingerprint density at radius 3 is 2.89 bits per heavy atom. The molecule has 2 nitrogen and oxygen atoms in total. The van der Waals surface area contributed by atoms with Crippen LogP contribution in [0.4, 0.5) is 4.39 Å². The quantitative estimate of drug-likeness (QED) is 0.645. The first-order valence-corrected chi connectivity index (χ1v) is 5.48. The molecule has 18 heavy (non-hydrogen) atoms. The minimum Gasteiger partial charge on any atom is -0.345 e. The van der Waals surface area contributed by atoms with Gasteiger partial charge in [0.1, 0.15) is 11.5 Å². The van der Waals surface area contributed by atoms with Crippen molar-refractivity contribution in [3.63, 3.8) is 0 Å². The predicted molar refractivity (Wildman–Crippen MR) is 69.4 cm³/mol. The van der Waals surface area contributed by atoms with Gasteiger partial charge in [0.2, 0.25) is 0 Å². The van der Waals surface area contributed by atoms with Crippen molar-refractivity contribution in [1.29, 1.82) is 0 Å². The van der Waals surface area contributed by atoms with Crippen LogP contribution >= 0.6 is 0 Å². The second kappa shape index (κ2) is 4.01. The molecule has 0 spiro atoms. The average Bonchev–Trinajstić information content (AvgIpc) is 2.81. The highest BCUT2D eigenvalue weighted by molar-refractivity contribution is 5.87. The highest BCUT2D eigenvalue weighted by Crippen LogP contribution is 2.26. The van der Waals surface area contributed by atoms with E-state index in [2.05, 4.69) is 15.9 Å². The summed E-state index contributed by atoms with van der Waals surface area (Å²) in [7, 11) is 0. The molecule has 2 aromatic heterocycles. The third-order valence-corrected chi connectivity index (χ3v) is 2.87. The molecule has 2 heterocycles. The molecule has 0 aliphatic carbocycles. The lowest BCUT2D eigenvalue weighted by Crippen LogP contribution is -1.86. The zero-order valence-corrected chi connectivity index (χ0v) is 9.44. The topological polar surface area (TPSA) is 28.7 Å². The fourth-order valence-corrected chi connectivity index (χ4v) is 1.97. The molecule has 0 aliphatic heterocycles. The van der Waals surface area contributed by atoms with Crippen molar-refractivity contribution in [2.24, 2.45) is 0 Å². The van der Waals surface area contributed by atoms with Crippen molar-refractivity contribution in [3.05, 3.63) is 54.1 Å². The summed E-state index contributed by atoms with van der Waals surface area (Å²) in [6.07, 6.45) is 8.77. The van der Waals surface area contributed by atoms with E-state index in [0.29, 0.717) is 11.2 Å². The van der Waals surface area contributed by atoms with E-state index in [1.807, 2.05) is 6.07 Å². The van der Waals surface area contributed by atoms with Crippen LogP contribution in [-0.2, 0) is 0 Å². The van der Waals surface area contributed by atoms with Gasteiger partial charge in [-0.3, -0.25) is 0 Å². The first-order valence-electron chi connectivity index (χ1n) is 5.48. The minimum atomic E-state index is -0.267. The van der Waals surface area contributed by atoms with Crippen molar-refractivity contribution in [3.8, 4) is 23.5 Å². The number of hydrogen-bond donors (Lipinski definition) is 1. The van der Waals surface area contributed by atoms with Crippen molar-refractivity contribution in [2.45, 2.75) is 0 Å². The van der Waals surface area contributed by atoms with Gasteiger partial charge in [-0.1, -0.05) is 24.1 Å². The Labute approximate surface area is 103 Å². The van der Waals surface area contributed by atoms with Crippen molar-refractivity contribution < 1.29 is 4.39 Å². The monoisotopic (exact) mass is 236 g/mol. The van der Waals surface area contributed by atoms with Crippen molar-refractivity contribution in [1.82, 2.24) is 9.97 Å². The molecule has 1 aromatic carbocycles. The van der Waals surface area contributed by atoms with Crippen LogP contribution in [0, 0.1) is 18.2 Å². The fraction of sp³-hybridized carbons (Fsp3) is 0. The summed E-state index contributed by atoms with van der Waals surface area (Å²) in [5.41, 5.74) is 2.69. The molecular weight excluding hydrogens is 227 g/mol. The van der Waals surface area contributed by atoms with Crippen molar-refractivity contribution in [2.75, 3.05) is 0 Å². The van der Waals surface area contributed by atoms with Crippen molar-refractivity contribution >= 4 is 11.0 Å². The number of fused-ring (bicyclic) bond motifs is 1. The second-order valence-electron chi connectivity index (χ2n) is 3.95. The number of benzene rings is 1. The maximum absolute atomic E-state index is 13.7. The third-order valence-electron chi connectivity index (χ3n) is 2.87. The number of nitrogens with one attached hydrogen (secondary N) is 1. The van der Waals surface area contributed by atoms with Crippen LogP contribution in [0.25, 0.3) is 22.2 Å². The summed E-state index contributed by atoms with van der Waals surface area (Å²) in [5.74, 6) is 2.31. The highest BCUT2D eigenvalue weighted by Gasteiger charge is 2.08. The molecule has 0 atom stereocenters. The van der Waals surface area contributed by atoms with Gasteiger partial charge in [0.25, 0.3) is 0 Å². The molecule has 0 amide bonds. The van der Waals surface area contributed by atoms with Crippen LogP contribution in [0.5, 0.6) is 0 Å². The largest absolute Gasteiger partial charge is 0.345 e. The van der Waals surface area contributed by atoms with Gasteiger partial charge in [0.15, 0.2) is 0 Å². The zero-order chi connectivity index (χ0) is 12.5. The molecule has 0 bridgehead atoms. The first-order chi connectivity index (χ1) is 8.79. The molecule has 3 heteroatoms. The Bertz CT molecular complexity index is 766. The number of rotatable bonds is 1. The standard InChI is InChI=1S/C15H9FN2/c1-2-10-8-17-15-13(10)7-11(9-18-15)12-5-3-4-6-14(12)16/h1,3-9H,(H,17,18). The van der Waals surface area contributed by atoms with Crippen LogP contribution in [-0.4, -0.2) is 9.97 Å². The number of aromatic nitrogens is 2. The summed E-state index contributed by atoms with van der Waals surface area (Å²) < 4.78 is 13.7. The van der Waals surface area contributed by atoms with Crippen LogP contribution in [0.1, 0.15) is 5.56 Å². The molecule has 1 N–H and O–H groups in total. The molecule has 0 aliphatic rings. The Balaban J connectivity index is 2.25. The molecule has 0 saturated heterocycles. The van der Waals surface area contributed by atoms with Gasteiger partial charge in [-0.25, -0.2) is 9.37 Å². The predicted octanol–water partition coefficient (Wildman–Crippen LogP) is 3.35. The lowest BCUT2D eigenvalue weighted by molar-refractivity contribution is 0.631. The summed E-state index contributed by atoms with van der Waals surface area (Å²) in [6.45, 7) is 0. The first kappa shape index (κ1) is 10.5. The van der Waals surface area contributed by atoms with E-state index >= 15 is 0 Å². The number of hydrogen-bond acceptors (Lipinski definition) is 1. The molecule has 0 radical (unpaired) electrons. The maximum Gasteiger partial charge on any atom is 0.138 e. The Hall–Kier alpha value is -2.60. The smallest absolute Gasteiger partial charge is 0.138 e. The Morgan fingerprint density at radius 2 is 2.11 bits per heavy atom. The number of halogens is 1. The lowest BCUT2D eigenvalue weighted by Gasteiger charge is -2.02. The summed E-state index contributed by atoms with van der Waals surface area (Å²) in [5, 5.41) is 0.832. The zero-order valence-electron chi connectivity index (χ0n) is 9.44. The highest BCUT2D eigenvalue weighted by atomic mass is 19.1. The summed E-state index contributed by atoms with van der Waals surface area (Å²) in [4.78, 5) is 7.23. The molecule has 3 rings (SSSR count). The van der Waals surface area contributed by atoms with Gasteiger partial charge < -0.3 is 4.98 Å². The van der Waals surface area contributed by atoms with E-state index in [0.717, 1.165) is 16.5 Å². The average molecular weight is 236 g/mol. The fourth-order valence-electron chi connectivity index (χ4n) is 1.97. The number of H-pyrrole nitrogens is 1. The van der Waals surface area contributed by atoms with Gasteiger partial charge in [-0.05, 0) is 12.1 Å². The van der Waals surface area contributed by atoms with Gasteiger partial charge in [0.05, 0.1) is 5.56 Å². The van der Waals surface area contributed by atoms with Crippen LogP contribution < -0.4 is 0 Å².